The van der Waals surface area contributed by atoms with E-state index in [1.165, 1.54) is 6.42 Å². The summed E-state index contributed by atoms with van der Waals surface area (Å²) in [6.45, 7) is 2.58. The van der Waals surface area contributed by atoms with Crippen LogP contribution < -0.4 is 10.1 Å². The number of piperidine rings is 1. The van der Waals surface area contributed by atoms with Gasteiger partial charge in [-0.25, -0.2) is 4.98 Å². The molecule has 1 fully saturated rings. The summed E-state index contributed by atoms with van der Waals surface area (Å²) in [5.41, 5.74) is 2.84. The van der Waals surface area contributed by atoms with E-state index in [0.717, 1.165) is 60.5 Å². The van der Waals surface area contributed by atoms with E-state index in [2.05, 4.69) is 5.32 Å². The molecule has 1 aliphatic rings. The number of aromatic nitrogens is 2. The van der Waals surface area contributed by atoms with E-state index >= 15 is 0 Å². The number of amides is 2. The minimum atomic E-state index is -0.00561. The van der Waals surface area contributed by atoms with Gasteiger partial charge in [-0.2, -0.15) is 0 Å². The van der Waals surface area contributed by atoms with Gasteiger partial charge in [0.2, 0.25) is 11.8 Å². The highest BCUT2D eigenvalue weighted by Gasteiger charge is 2.19. The molecule has 2 heterocycles. The molecule has 0 bridgehead atoms. The van der Waals surface area contributed by atoms with Crippen molar-refractivity contribution in [1.29, 1.82) is 0 Å². The first-order valence-electron chi connectivity index (χ1n) is 11.8. The summed E-state index contributed by atoms with van der Waals surface area (Å²) in [4.78, 5) is 32.0. The number of hydrogen-bond donors (Lipinski definition) is 1. The molecule has 0 atom stereocenters. The lowest BCUT2D eigenvalue weighted by molar-refractivity contribution is -0.132. The van der Waals surface area contributed by atoms with Crippen LogP contribution in [0.4, 0.5) is 0 Å². The van der Waals surface area contributed by atoms with Crippen LogP contribution in [0.1, 0.15) is 37.1 Å². The van der Waals surface area contributed by atoms with Crippen molar-refractivity contribution in [2.45, 2.75) is 45.1 Å². The molecule has 4 rings (SSSR count). The molecule has 1 aromatic heterocycles. The molecular weight excluding hydrogens is 416 g/mol. The number of fused-ring (bicyclic) bond motifs is 1. The number of carbonyl (C=O) groups is 2. The molecule has 1 saturated heterocycles. The second-order valence-corrected chi connectivity index (χ2v) is 8.52. The van der Waals surface area contributed by atoms with Gasteiger partial charge in [-0.3, -0.25) is 9.59 Å². The molecule has 0 radical (unpaired) electrons. The van der Waals surface area contributed by atoms with Gasteiger partial charge < -0.3 is 19.5 Å². The highest BCUT2D eigenvalue weighted by Crippen LogP contribution is 2.18. The number of nitrogens with zero attached hydrogens (tertiary/aromatic N) is 3. The summed E-state index contributed by atoms with van der Waals surface area (Å²) in [5.74, 6) is 1.83. The molecule has 33 heavy (non-hydrogen) atoms. The van der Waals surface area contributed by atoms with Crippen molar-refractivity contribution in [3.05, 3.63) is 59.9 Å². The van der Waals surface area contributed by atoms with Gasteiger partial charge in [-0.1, -0.05) is 24.3 Å². The molecule has 2 aromatic carbocycles. The quantitative estimate of drug-likeness (QED) is 0.510. The molecule has 0 aliphatic carbocycles. The fourth-order valence-electron chi connectivity index (χ4n) is 4.34. The Bertz CT molecular complexity index is 1080. The van der Waals surface area contributed by atoms with Crippen molar-refractivity contribution in [1.82, 2.24) is 19.8 Å². The predicted molar refractivity (Wildman–Crippen MR) is 128 cm³/mol. The van der Waals surface area contributed by atoms with Gasteiger partial charge in [0.15, 0.2) is 0 Å². The van der Waals surface area contributed by atoms with Crippen molar-refractivity contribution in [3.8, 4) is 5.75 Å². The summed E-state index contributed by atoms with van der Waals surface area (Å²) in [5, 5.41) is 2.99. The van der Waals surface area contributed by atoms with Gasteiger partial charge in [-0.05, 0) is 55.5 Å². The Labute approximate surface area is 194 Å². The largest absolute Gasteiger partial charge is 0.497 e. The fourth-order valence-corrected chi connectivity index (χ4v) is 4.34. The van der Waals surface area contributed by atoms with E-state index in [4.69, 9.17) is 9.72 Å². The maximum absolute atomic E-state index is 12.9. The van der Waals surface area contributed by atoms with Gasteiger partial charge in [0.05, 0.1) is 24.6 Å². The average molecular weight is 449 g/mol. The minimum absolute atomic E-state index is 0.00561. The molecule has 174 valence electrons. The number of nitrogens with one attached hydrogen (secondary N) is 1. The number of imidazole rings is 1. The van der Waals surface area contributed by atoms with Crippen LogP contribution in [0.5, 0.6) is 5.75 Å². The van der Waals surface area contributed by atoms with Crippen LogP contribution in [0, 0.1) is 0 Å². The first-order chi connectivity index (χ1) is 16.1. The normalized spacial score (nSPS) is 13.8. The summed E-state index contributed by atoms with van der Waals surface area (Å²) < 4.78 is 7.20. The summed E-state index contributed by atoms with van der Waals surface area (Å²) in [6, 6.07) is 15.5. The number of para-hydroxylation sites is 2. The van der Waals surface area contributed by atoms with Crippen LogP contribution in [0.3, 0.4) is 0 Å². The third-order valence-electron chi connectivity index (χ3n) is 6.16. The van der Waals surface area contributed by atoms with Gasteiger partial charge in [-0.15, -0.1) is 0 Å². The third kappa shape index (κ3) is 5.92. The van der Waals surface area contributed by atoms with E-state index in [1.54, 1.807) is 7.11 Å². The molecule has 0 saturated carbocycles. The Morgan fingerprint density at radius 2 is 1.79 bits per heavy atom. The molecule has 7 heteroatoms. The summed E-state index contributed by atoms with van der Waals surface area (Å²) in [7, 11) is 1.62. The molecular formula is C26H32N4O3. The van der Waals surface area contributed by atoms with Crippen LogP contribution in [-0.4, -0.2) is 53.0 Å². The lowest BCUT2D eigenvalue weighted by Crippen LogP contribution is -2.38. The summed E-state index contributed by atoms with van der Waals surface area (Å²) >= 11 is 0. The van der Waals surface area contributed by atoms with Gasteiger partial charge in [0, 0.05) is 26.1 Å². The van der Waals surface area contributed by atoms with Gasteiger partial charge >= 0.3 is 0 Å². The Kier molecular flexibility index (Phi) is 7.60. The van der Waals surface area contributed by atoms with E-state index < -0.39 is 0 Å². The monoisotopic (exact) mass is 448 g/mol. The van der Waals surface area contributed by atoms with Crippen molar-refractivity contribution < 1.29 is 14.3 Å². The zero-order valence-electron chi connectivity index (χ0n) is 19.3. The second kappa shape index (κ2) is 11.0. The maximum atomic E-state index is 12.9. The van der Waals surface area contributed by atoms with E-state index in [0.29, 0.717) is 25.9 Å². The first-order valence-corrected chi connectivity index (χ1v) is 11.8. The molecule has 0 spiro atoms. The van der Waals surface area contributed by atoms with Crippen molar-refractivity contribution in [2.24, 2.45) is 0 Å². The number of hydrogen-bond acceptors (Lipinski definition) is 4. The molecule has 0 unspecified atom stereocenters. The SMILES string of the molecule is COc1ccc(CC(=O)NCCCc2nc3ccccc3n2CC(=O)N2CCCCC2)cc1. The lowest BCUT2D eigenvalue weighted by Gasteiger charge is -2.27. The Morgan fingerprint density at radius 3 is 2.55 bits per heavy atom. The molecule has 1 aliphatic heterocycles. The van der Waals surface area contributed by atoms with Crippen LogP contribution in [0.2, 0.25) is 0 Å². The van der Waals surface area contributed by atoms with Gasteiger partial charge in [0.25, 0.3) is 0 Å². The maximum Gasteiger partial charge on any atom is 0.242 e. The smallest absolute Gasteiger partial charge is 0.242 e. The van der Waals surface area contributed by atoms with E-state index in [-0.39, 0.29) is 11.8 Å². The van der Waals surface area contributed by atoms with Crippen molar-refractivity contribution in [2.75, 3.05) is 26.7 Å². The number of methoxy groups -OCH3 is 1. The summed E-state index contributed by atoms with van der Waals surface area (Å²) in [6.07, 6.45) is 5.17. The zero-order valence-corrected chi connectivity index (χ0v) is 19.3. The van der Waals surface area contributed by atoms with E-state index in [1.807, 2.05) is 58.0 Å². The number of carbonyl (C=O) groups excluding carboxylic acids is 2. The third-order valence-corrected chi connectivity index (χ3v) is 6.16. The molecule has 1 N–H and O–H groups in total. The second-order valence-electron chi connectivity index (χ2n) is 8.52. The topological polar surface area (TPSA) is 76.5 Å². The lowest BCUT2D eigenvalue weighted by atomic mass is 10.1. The number of likely N-dealkylation sites (tertiary alicyclic amines) is 1. The van der Waals surface area contributed by atoms with Crippen molar-refractivity contribution in [3.63, 3.8) is 0 Å². The zero-order chi connectivity index (χ0) is 23.0. The average Bonchev–Trinajstić information content (AvgIpc) is 3.20. The van der Waals surface area contributed by atoms with Crippen LogP contribution in [-0.2, 0) is 29.0 Å². The van der Waals surface area contributed by atoms with Crippen molar-refractivity contribution >= 4 is 22.8 Å². The standard InChI is InChI=1S/C26H32N4O3/c1-33-21-13-11-20(12-14-21)18-25(31)27-15-7-10-24-28-22-8-3-4-9-23(22)30(24)19-26(32)29-16-5-2-6-17-29/h3-4,8-9,11-14H,2,5-7,10,15-19H2,1H3,(H,27,31). The Balaban J connectivity index is 1.33. The van der Waals surface area contributed by atoms with Gasteiger partial charge in [0.1, 0.15) is 18.1 Å². The number of benzene rings is 2. The molecule has 7 nitrogen and oxygen atoms in total. The van der Waals surface area contributed by atoms with Crippen LogP contribution in [0.25, 0.3) is 11.0 Å². The molecule has 2 amide bonds. The number of ether oxygens (including phenoxy) is 1. The fraction of sp³-hybridized carbons (Fsp3) is 0.423. The number of aryl methyl sites for hydroxylation is 1. The van der Waals surface area contributed by atoms with E-state index in [9.17, 15) is 9.59 Å². The van der Waals surface area contributed by atoms with Crippen LogP contribution in [0.15, 0.2) is 48.5 Å². The Hall–Kier alpha value is -3.35. The minimum Gasteiger partial charge on any atom is -0.497 e. The Morgan fingerprint density at radius 1 is 1.03 bits per heavy atom. The first kappa shape index (κ1) is 22.8. The highest BCUT2D eigenvalue weighted by atomic mass is 16.5. The van der Waals surface area contributed by atoms with Crippen LogP contribution >= 0.6 is 0 Å². The molecule has 3 aromatic rings. The highest BCUT2D eigenvalue weighted by molar-refractivity contribution is 5.81. The number of rotatable bonds is 9. The predicted octanol–water partition coefficient (Wildman–Crippen LogP) is 3.35.